The number of aromatic nitrogens is 1. The van der Waals surface area contributed by atoms with E-state index in [1.54, 1.807) is 14.0 Å². The lowest BCUT2D eigenvalue weighted by Gasteiger charge is -2.46. The van der Waals surface area contributed by atoms with Gasteiger partial charge in [-0.1, -0.05) is 99.6 Å². The Hall–Kier alpha value is -4.80. The first-order chi connectivity index (χ1) is 27.6. The van der Waals surface area contributed by atoms with Crippen LogP contribution in [0.1, 0.15) is 64.7 Å². The van der Waals surface area contributed by atoms with Crippen LogP contribution >= 0.6 is 11.3 Å². The summed E-state index contributed by atoms with van der Waals surface area (Å²) < 4.78 is 61.7. The first-order valence-electron chi connectivity index (χ1n) is 19.2. The molecule has 1 saturated heterocycles. The van der Waals surface area contributed by atoms with Gasteiger partial charge in [0.2, 0.25) is 5.89 Å². The van der Waals surface area contributed by atoms with Gasteiger partial charge in [-0.2, -0.15) is 4.31 Å². The number of benzene rings is 3. The number of anilines is 1. The molecule has 0 bridgehead atoms. The molecule has 5 aromatic rings. The number of carbonyl (C=O) groups is 2. The second-order valence-corrected chi connectivity index (χ2v) is 22.9. The normalized spacial score (nSPS) is 16.8. The number of methoxy groups -OCH3 is 1. The number of nitrogens with zero attached hydrogens (tertiary/aromatic N) is 3. The summed E-state index contributed by atoms with van der Waals surface area (Å²) in [6.07, 6.45) is 3.19. The highest BCUT2D eigenvalue weighted by Gasteiger charge is 2.59. The fourth-order valence-corrected chi connectivity index (χ4v) is 16.0. The van der Waals surface area contributed by atoms with E-state index in [-0.39, 0.29) is 28.4 Å². The Morgan fingerprint density at radius 3 is 2.12 bits per heavy atom. The van der Waals surface area contributed by atoms with E-state index < -0.39 is 47.0 Å². The fourth-order valence-electron chi connectivity index (χ4n) is 7.95. The molecule has 58 heavy (non-hydrogen) atoms. The lowest BCUT2D eigenvalue weighted by molar-refractivity contribution is -0.143. The van der Waals surface area contributed by atoms with Gasteiger partial charge in [0.25, 0.3) is 10.0 Å². The lowest BCUT2D eigenvalue weighted by Crippen LogP contribution is -2.70. The molecule has 0 saturated carbocycles. The van der Waals surface area contributed by atoms with Gasteiger partial charge in [-0.25, -0.2) is 18.2 Å². The Morgan fingerprint density at radius 1 is 0.948 bits per heavy atom. The summed E-state index contributed by atoms with van der Waals surface area (Å²) in [5.74, 6) is -0.107. The lowest BCUT2D eigenvalue weighted by atomic mass is 10.1. The van der Waals surface area contributed by atoms with Crippen LogP contribution in [-0.2, 0) is 28.7 Å². The molecule has 0 radical (unpaired) electrons. The molecule has 3 aromatic carbocycles. The Morgan fingerprint density at radius 2 is 1.55 bits per heavy atom. The van der Waals surface area contributed by atoms with Gasteiger partial charge >= 0.3 is 20.3 Å². The Bertz CT molecular complexity index is 2320. The van der Waals surface area contributed by atoms with Crippen molar-refractivity contribution in [2.24, 2.45) is 0 Å². The maximum Gasteiger partial charge on any atom is 0.340 e. The van der Waals surface area contributed by atoms with E-state index in [1.807, 2.05) is 106 Å². The smallest absolute Gasteiger partial charge is 0.340 e. The highest BCUT2D eigenvalue weighted by atomic mass is 32.2. The molecule has 2 aliphatic rings. The summed E-state index contributed by atoms with van der Waals surface area (Å²) in [6.45, 7) is 11.5. The van der Waals surface area contributed by atoms with Gasteiger partial charge in [0.15, 0.2) is 5.54 Å². The van der Waals surface area contributed by atoms with Gasteiger partial charge in [-0.3, -0.25) is 9.69 Å². The van der Waals surface area contributed by atoms with E-state index in [2.05, 4.69) is 4.98 Å². The molecule has 306 valence electrons. The number of rotatable bonds is 12. The average molecular weight is 844 g/mol. The predicted molar refractivity (Wildman–Crippen MR) is 225 cm³/mol. The van der Waals surface area contributed by atoms with Crippen LogP contribution in [0, 0.1) is 6.92 Å². The minimum atomic E-state index is -4.71. The first-order valence-corrected chi connectivity index (χ1v) is 23.4. The zero-order valence-electron chi connectivity index (χ0n) is 33.8. The van der Waals surface area contributed by atoms with E-state index in [4.69, 9.17) is 23.1 Å². The molecular weight excluding hydrogens is 795 g/mol. The summed E-state index contributed by atoms with van der Waals surface area (Å²) >= 11 is 1.08. The molecule has 2 aliphatic heterocycles. The van der Waals surface area contributed by atoms with Gasteiger partial charge in [0, 0.05) is 18.8 Å². The minimum absolute atomic E-state index is 0.111. The summed E-state index contributed by atoms with van der Waals surface area (Å²) in [5.41, 5.74) is -1.03. The Kier molecular flexibility index (Phi) is 11.5. The van der Waals surface area contributed by atoms with Crippen molar-refractivity contribution in [1.82, 2.24) is 9.29 Å². The van der Waals surface area contributed by atoms with Crippen molar-refractivity contribution < 1.29 is 41.1 Å². The second kappa shape index (κ2) is 16.1. The van der Waals surface area contributed by atoms with Crippen LogP contribution in [0.5, 0.6) is 5.75 Å². The zero-order valence-corrected chi connectivity index (χ0v) is 36.4. The molecular formula is C43H49N3O9S2Si. The topological polar surface area (TPSA) is 138 Å². The number of sulfonamides is 1. The van der Waals surface area contributed by atoms with Crippen LogP contribution in [0.15, 0.2) is 107 Å². The third-order valence-electron chi connectivity index (χ3n) is 10.9. The largest absolute Gasteiger partial charge is 0.508 e. The molecule has 15 heteroatoms. The van der Waals surface area contributed by atoms with Gasteiger partial charge in [-0.15, -0.1) is 11.3 Å². The predicted octanol–water partition coefficient (Wildman–Crippen LogP) is 7.47. The van der Waals surface area contributed by atoms with Crippen molar-refractivity contribution in [3.8, 4) is 16.5 Å². The minimum Gasteiger partial charge on any atom is -0.508 e. The molecule has 1 atom stereocenters. The molecule has 0 aliphatic carbocycles. The maximum atomic E-state index is 15.3. The summed E-state index contributed by atoms with van der Waals surface area (Å²) in [6, 6.07) is 25.6. The van der Waals surface area contributed by atoms with Gasteiger partial charge in [0.05, 0.1) is 30.8 Å². The number of fused-ring (bicyclic) bond motifs is 1. The first kappa shape index (κ1) is 41.4. The molecule has 1 fully saturated rings. The van der Waals surface area contributed by atoms with Crippen molar-refractivity contribution in [1.29, 1.82) is 0 Å². The standard InChI is InChI=1S/C43H49N3O9S2Si/c1-29-36(38-44-24-27-53-38)56-39-37(29)57(49,50)46(41(48)45(39)28-35(54-30-22-25-52-26-23-30)33-20-14-15-21-34(33)51-7)43(5,6)40(47)55-58(42(2,3)4,31-16-10-8-11-17-31)32-18-12-9-13-19-32/h8-21,24,27,30,35H,22-23,25-26,28H2,1-7H3/t35-/m0/s1. The van der Waals surface area contributed by atoms with Crippen LogP contribution in [-0.4, -0.2) is 76.5 Å². The van der Waals surface area contributed by atoms with Crippen molar-refractivity contribution in [3.63, 3.8) is 0 Å². The van der Waals surface area contributed by atoms with Crippen LogP contribution in [0.2, 0.25) is 5.04 Å². The Balaban J connectivity index is 1.38. The Labute approximate surface area is 344 Å². The monoisotopic (exact) mass is 843 g/mol. The van der Waals surface area contributed by atoms with E-state index >= 15 is 18.0 Å². The van der Waals surface area contributed by atoms with Crippen molar-refractivity contribution >= 4 is 57.1 Å². The third kappa shape index (κ3) is 7.27. The van der Waals surface area contributed by atoms with Crippen molar-refractivity contribution in [3.05, 3.63) is 109 Å². The molecule has 0 unspecified atom stereocenters. The number of para-hydroxylation sites is 1. The number of hydrogen-bond acceptors (Lipinski definition) is 11. The summed E-state index contributed by atoms with van der Waals surface area (Å²) in [5, 5.41) is 1.19. The van der Waals surface area contributed by atoms with Gasteiger partial charge in [0.1, 0.15) is 28.0 Å². The number of amides is 2. The number of ether oxygens (including phenoxy) is 3. The number of carbonyl (C=O) groups excluding carboxylic acids is 2. The number of thiophene rings is 1. The van der Waals surface area contributed by atoms with Crippen molar-refractivity contribution in [2.75, 3.05) is 31.8 Å². The zero-order chi connectivity index (χ0) is 41.5. The van der Waals surface area contributed by atoms with E-state index in [0.717, 1.165) is 21.7 Å². The molecule has 4 heterocycles. The van der Waals surface area contributed by atoms with E-state index in [1.165, 1.54) is 31.2 Å². The summed E-state index contributed by atoms with van der Waals surface area (Å²) in [7, 11) is -6.70. The van der Waals surface area contributed by atoms with Crippen molar-refractivity contribution in [2.45, 2.75) is 82.1 Å². The highest BCUT2D eigenvalue weighted by Crippen LogP contribution is 2.50. The third-order valence-corrected chi connectivity index (χ3v) is 19.3. The van der Waals surface area contributed by atoms with Gasteiger partial charge < -0.3 is 23.1 Å². The summed E-state index contributed by atoms with van der Waals surface area (Å²) in [4.78, 5) is 36.5. The molecule has 7 rings (SSSR count). The quantitative estimate of drug-likeness (QED) is 0.116. The molecule has 2 aromatic heterocycles. The average Bonchev–Trinajstić information content (AvgIpc) is 3.87. The number of urea groups is 1. The van der Waals surface area contributed by atoms with E-state index in [0.29, 0.717) is 52.1 Å². The molecule has 0 N–H and O–H groups in total. The number of oxazole rings is 1. The number of hydrogen-bond donors (Lipinski definition) is 0. The van der Waals surface area contributed by atoms with Crippen LogP contribution in [0.4, 0.5) is 9.80 Å². The second-order valence-electron chi connectivity index (χ2n) is 16.0. The molecule has 0 spiro atoms. The highest BCUT2D eigenvalue weighted by molar-refractivity contribution is 7.90. The maximum absolute atomic E-state index is 15.3. The van der Waals surface area contributed by atoms with Gasteiger partial charge in [-0.05, 0) is 60.7 Å². The van der Waals surface area contributed by atoms with Crippen LogP contribution in [0.25, 0.3) is 10.8 Å². The SMILES string of the molecule is COc1ccccc1[C@H](CN1C(=O)N(C(C)(C)C(=O)O[Si](c2ccccc2)(c2ccccc2)C(C)(C)C)S(=O)(=O)c2c1sc(-c1ncco1)c2C)OC1CCOCC1. The molecule has 2 amide bonds. The van der Waals surface area contributed by atoms with Crippen LogP contribution < -0.4 is 20.0 Å². The van der Waals surface area contributed by atoms with E-state index in [9.17, 15) is 0 Å². The van der Waals surface area contributed by atoms with Crippen LogP contribution in [0.3, 0.4) is 0 Å². The fraction of sp³-hybridized carbons (Fsp3) is 0.372. The molecule has 12 nitrogen and oxygen atoms in total.